The molecule has 0 radical (unpaired) electrons. The van der Waals surface area contributed by atoms with Gasteiger partial charge >= 0.3 is 6.03 Å². The normalized spacial score (nSPS) is 23.1. The molecule has 2 aliphatic rings. The van der Waals surface area contributed by atoms with Gasteiger partial charge < -0.3 is 10.6 Å². The zero-order valence-electron chi connectivity index (χ0n) is 17.9. The number of para-hydroxylation sites is 1. The number of aryl methyl sites for hydroxylation is 1. The number of nitrogens with zero attached hydrogens (tertiary/aromatic N) is 4. The number of nitrogens with one attached hydrogen (secondary N) is 3. The summed E-state index contributed by atoms with van der Waals surface area (Å²) in [7, 11) is 1.88. The molecule has 0 aliphatic carbocycles. The lowest BCUT2D eigenvalue weighted by atomic mass is 10.1. The first kappa shape index (κ1) is 20.6. The average Bonchev–Trinajstić information content (AvgIpc) is 3.04. The van der Waals surface area contributed by atoms with Gasteiger partial charge in [-0.25, -0.2) is 4.79 Å². The van der Waals surface area contributed by atoms with Crippen LogP contribution in [0.1, 0.15) is 26.7 Å². The van der Waals surface area contributed by atoms with Crippen molar-refractivity contribution in [1.29, 1.82) is 0 Å². The average molecular weight is 414 g/mol. The number of carbonyl (C=O) groups is 2. The molecule has 0 saturated carbocycles. The fourth-order valence-electron chi connectivity index (χ4n) is 4.52. The molecule has 1 aromatic carbocycles. The minimum absolute atomic E-state index is 0.244. The van der Waals surface area contributed by atoms with Gasteiger partial charge in [-0.05, 0) is 32.4 Å². The van der Waals surface area contributed by atoms with E-state index in [9.17, 15) is 9.59 Å². The number of hydrogen-bond donors (Lipinski definition) is 3. The molecule has 4 rings (SSSR count). The van der Waals surface area contributed by atoms with Crippen molar-refractivity contribution in [2.75, 3.05) is 42.9 Å². The monoisotopic (exact) mass is 413 g/mol. The van der Waals surface area contributed by atoms with Crippen molar-refractivity contribution in [2.24, 2.45) is 7.05 Å². The van der Waals surface area contributed by atoms with Crippen LogP contribution in [0, 0.1) is 0 Å². The van der Waals surface area contributed by atoms with Crippen LogP contribution in [0.5, 0.6) is 0 Å². The third-order valence-corrected chi connectivity index (χ3v) is 6.08. The molecular formula is C21H31N7O2. The topological polar surface area (TPSA) is 94.5 Å². The molecule has 2 aromatic rings. The van der Waals surface area contributed by atoms with Gasteiger partial charge in [0.05, 0.1) is 11.2 Å². The summed E-state index contributed by atoms with van der Waals surface area (Å²) in [5, 5.41) is 14.9. The van der Waals surface area contributed by atoms with E-state index >= 15 is 0 Å². The van der Waals surface area contributed by atoms with Gasteiger partial charge in [0.1, 0.15) is 0 Å². The van der Waals surface area contributed by atoms with E-state index in [-0.39, 0.29) is 12.3 Å². The van der Waals surface area contributed by atoms with E-state index in [4.69, 9.17) is 0 Å². The summed E-state index contributed by atoms with van der Waals surface area (Å²) in [4.78, 5) is 27.9. The van der Waals surface area contributed by atoms with E-state index in [0.29, 0.717) is 24.4 Å². The molecule has 3 N–H and O–H groups in total. The number of benzene rings is 1. The quantitative estimate of drug-likeness (QED) is 0.622. The highest BCUT2D eigenvalue weighted by molar-refractivity contribution is 6.10. The second kappa shape index (κ2) is 8.61. The number of anilines is 2. The lowest BCUT2D eigenvalue weighted by Gasteiger charge is -2.39. The Labute approximate surface area is 176 Å². The Morgan fingerprint density at radius 2 is 1.97 bits per heavy atom. The van der Waals surface area contributed by atoms with Gasteiger partial charge in [0.2, 0.25) is 5.91 Å². The lowest BCUT2D eigenvalue weighted by Crippen LogP contribution is -2.55. The minimum atomic E-state index is -0.413. The van der Waals surface area contributed by atoms with Crippen LogP contribution in [0.15, 0.2) is 18.2 Å². The summed E-state index contributed by atoms with van der Waals surface area (Å²) in [6, 6.07) is 6.69. The Bertz CT molecular complexity index is 931. The van der Waals surface area contributed by atoms with Crippen molar-refractivity contribution in [3.8, 4) is 0 Å². The van der Waals surface area contributed by atoms with E-state index < -0.39 is 6.03 Å². The molecule has 162 valence electrons. The van der Waals surface area contributed by atoms with Crippen molar-refractivity contribution in [1.82, 2.24) is 25.3 Å². The van der Waals surface area contributed by atoms with E-state index in [1.54, 1.807) is 9.58 Å². The Morgan fingerprint density at radius 3 is 2.70 bits per heavy atom. The summed E-state index contributed by atoms with van der Waals surface area (Å²) < 4.78 is 1.80. The second-order valence-electron chi connectivity index (χ2n) is 8.28. The molecule has 3 amide bonds. The molecular weight excluding hydrogens is 382 g/mol. The third-order valence-electron chi connectivity index (χ3n) is 6.08. The van der Waals surface area contributed by atoms with Gasteiger partial charge in [-0.3, -0.25) is 24.6 Å². The maximum Gasteiger partial charge on any atom is 0.329 e. The van der Waals surface area contributed by atoms with Crippen LogP contribution in [0.2, 0.25) is 0 Å². The number of imide groups is 1. The molecule has 0 spiro atoms. The maximum atomic E-state index is 12.3. The van der Waals surface area contributed by atoms with E-state index in [1.165, 1.54) is 0 Å². The number of amides is 3. The number of aromatic nitrogens is 2. The minimum Gasteiger partial charge on any atom is -0.383 e. The second-order valence-corrected chi connectivity index (χ2v) is 8.28. The van der Waals surface area contributed by atoms with Gasteiger partial charge in [-0.1, -0.05) is 6.07 Å². The van der Waals surface area contributed by atoms with Crippen LogP contribution >= 0.6 is 0 Å². The number of piperazine rings is 1. The number of urea groups is 1. The molecule has 9 heteroatoms. The van der Waals surface area contributed by atoms with Crippen molar-refractivity contribution in [3.05, 3.63) is 18.2 Å². The molecule has 2 aliphatic heterocycles. The smallest absolute Gasteiger partial charge is 0.329 e. The third kappa shape index (κ3) is 3.99. The zero-order chi connectivity index (χ0) is 21.3. The van der Waals surface area contributed by atoms with E-state index in [0.717, 1.165) is 49.2 Å². The highest BCUT2D eigenvalue weighted by Crippen LogP contribution is 2.31. The highest BCUT2D eigenvalue weighted by atomic mass is 16.2. The Morgan fingerprint density at radius 1 is 1.20 bits per heavy atom. The number of carbonyl (C=O) groups excluding carboxylic acids is 2. The summed E-state index contributed by atoms with van der Waals surface area (Å²) in [5.74, 6) is 0.344. The van der Waals surface area contributed by atoms with E-state index in [1.807, 2.05) is 25.2 Å². The predicted molar refractivity (Wildman–Crippen MR) is 118 cm³/mol. The van der Waals surface area contributed by atoms with Crippen molar-refractivity contribution in [3.63, 3.8) is 0 Å². The summed E-state index contributed by atoms with van der Waals surface area (Å²) in [6.07, 6.45) is 1.33. The summed E-state index contributed by atoms with van der Waals surface area (Å²) in [6.45, 7) is 8.91. The number of rotatable bonds is 6. The fourth-order valence-corrected chi connectivity index (χ4v) is 4.52. The fraction of sp³-hybridized carbons (Fsp3) is 0.571. The first-order valence-corrected chi connectivity index (χ1v) is 10.7. The first-order chi connectivity index (χ1) is 14.5. The highest BCUT2D eigenvalue weighted by Gasteiger charge is 2.28. The number of fused-ring (bicyclic) bond motifs is 1. The largest absolute Gasteiger partial charge is 0.383 e. The Balaban J connectivity index is 1.45. The standard InChI is InChI=1S/C21H31N7O2/c1-14-12-22-13-15(2)27(14)10-5-9-23-17-7-4-6-16-19(17)26(3)25-20(16)28-11-8-18(29)24-21(28)30/h4,6-7,14-15,22-23H,5,8-13H2,1-3H3,(H,24,29,30)/t14-,15+. The van der Waals surface area contributed by atoms with Crippen LogP contribution < -0.4 is 20.9 Å². The Kier molecular flexibility index (Phi) is 5.92. The molecule has 9 nitrogen and oxygen atoms in total. The van der Waals surface area contributed by atoms with Crippen LogP contribution in [-0.2, 0) is 11.8 Å². The summed E-state index contributed by atoms with van der Waals surface area (Å²) in [5.41, 5.74) is 1.96. The molecule has 30 heavy (non-hydrogen) atoms. The van der Waals surface area contributed by atoms with Gasteiger partial charge in [0.15, 0.2) is 5.82 Å². The van der Waals surface area contributed by atoms with Crippen molar-refractivity contribution >= 4 is 34.3 Å². The first-order valence-electron chi connectivity index (χ1n) is 10.7. The van der Waals surface area contributed by atoms with Crippen LogP contribution in [0.25, 0.3) is 10.9 Å². The number of hydrogen-bond acceptors (Lipinski definition) is 6. The van der Waals surface area contributed by atoms with Crippen molar-refractivity contribution in [2.45, 2.75) is 38.8 Å². The van der Waals surface area contributed by atoms with Crippen molar-refractivity contribution < 1.29 is 9.59 Å². The van der Waals surface area contributed by atoms with Gasteiger partial charge in [-0.2, -0.15) is 5.10 Å². The summed E-state index contributed by atoms with van der Waals surface area (Å²) >= 11 is 0. The maximum absolute atomic E-state index is 12.3. The van der Waals surface area contributed by atoms with Crippen LogP contribution in [0.4, 0.5) is 16.3 Å². The van der Waals surface area contributed by atoms with Crippen LogP contribution in [-0.4, -0.2) is 71.4 Å². The zero-order valence-corrected chi connectivity index (χ0v) is 17.9. The van der Waals surface area contributed by atoms with E-state index in [2.05, 4.69) is 39.8 Å². The lowest BCUT2D eigenvalue weighted by molar-refractivity contribution is -0.120. The molecule has 1 aromatic heterocycles. The van der Waals surface area contributed by atoms with Gasteiger partial charge in [0, 0.05) is 63.7 Å². The molecule has 2 saturated heterocycles. The predicted octanol–water partition coefficient (Wildman–Crippen LogP) is 1.50. The Hall–Kier alpha value is -2.65. The van der Waals surface area contributed by atoms with Gasteiger partial charge in [0.25, 0.3) is 0 Å². The van der Waals surface area contributed by atoms with Gasteiger partial charge in [-0.15, -0.1) is 0 Å². The molecule has 3 heterocycles. The molecule has 2 fully saturated rings. The molecule has 0 unspecified atom stereocenters. The SMILES string of the molecule is C[C@@H]1CNC[C@H](C)N1CCCNc1cccc2c(N3CCC(=O)NC3=O)nn(C)c12. The molecule has 0 bridgehead atoms. The molecule has 2 atom stereocenters. The van der Waals surface area contributed by atoms with Crippen LogP contribution in [0.3, 0.4) is 0 Å².